The molecule has 0 saturated carbocycles. The number of aromatic nitrogens is 2. The van der Waals surface area contributed by atoms with Gasteiger partial charge in [-0.3, -0.25) is 9.48 Å². The average molecular weight is 223 g/mol. The molecule has 1 heterocycles. The van der Waals surface area contributed by atoms with Gasteiger partial charge in [0.2, 0.25) is 5.78 Å². The van der Waals surface area contributed by atoms with Gasteiger partial charge in [0, 0.05) is 19.7 Å². The fourth-order valence-corrected chi connectivity index (χ4v) is 1.10. The van der Waals surface area contributed by atoms with Crippen LogP contribution in [0.15, 0.2) is 12.4 Å². The predicted octanol–water partition coefficient (Wildman–Crippen LogP) is 1.75. The van der Waals surface area contributed by atoms with Crippen LogP contribution in [0, 0.1) is 0 Å². The molecule has 0 amide bonds. The number of hydrogen-bond acceptors (Lipinski definition) is 2. The lowest BCUT2D eigenvalue weighted by atomic mass is 10.1. The van der Waals surface area contributed by atoms with E-state index in [0.717, 1.165) is 5.56 Å². The Morgan fingerprint density at radius 2 is 2.36 bits per heavy atom. The normalized spacial score (nSPS) is 11.7. The molecule has 3 nitrogen and oxygen atoms in total. The van der Waals surface area contributed by atoms with Gasteiger partial charge in [-0.2, -0.15) is 13.9 Å². The lowest BCUT2D eigenvalue weighted by Crippen LogP contribution is -2.21. The molecule has 0 aliphatic carbocycles. The van der Waals surface area contributed by atoms with Crippen molar-refractivity contribution in [2.45, 2.75) is 18.2 Å². The first kappa shape index (κ1) is 11.1. The monoisotopic (exact) mass is 222 g/mol. The van der Waals surface area contributed by atoms with Crippen molar-refractivity contribution in [2.24, 2.45) is 7.05 Å². The number of halogens is 3. The average Bonchev–Trinajstić information content (AvgIpc) is 2.45. The van der Waals surface area contributed by atoms with Crippen molar-refractivity contribution in [3.8, 4) is 0 Å². The molecular weight excluding hydrogens is 214 g/mol. The number of carbonyl (C=O) groups is 1. The second-order valence-electron chi connectivity index (χ2n) is 2.94. The molecule has 0 aliphatic heterocycles. The lowest BCUT2D eigenvalue weighted by Gasteiger charge is -2.04. The molecule has 0 saturated heterocycles. The summed E-state index contributed by atoms with van der Waals surface area (Å²) in [5, 5.41) is 0.0938. The SMILES string of the molecule is Cn1cc(CCC(=O)C(F)(F)Cl)cn1. The second kappa shape index (κ2) is 4.04. The Morgan fingerprint density at radius 3 is 2.79 bits per heavy atom. The molecule has 14 heavy (non-hydrogen) atoms. The van der Waals surface area contributed by atoms with E-state index in [0.29, 0.717) is 0 Å². The van der Waals surface area contributed by atoms with Crippen molar-refractivity contribution in [3.05, 3.63) is 18.0 Å². The number of ketones is 1. The molecule has 1 rings (SSSR count). The summed E-state index contributed by atoms with van der Waals surface area (Å²) in [7, 11) is 1.71. The van der Waals surface area contributed by atoms with Crippen molar-refractivity contribution in [2.75, 3.05) is 0 Å². The summed E-state index contributed by atoms with van der Waals surface area (Å²) in [5.41, 5.74) is 0.738. The van der Waals surface area contributed by atoms with Crippen molar-refractivity contribution in [3.63, 3.8) is 0 Å². The van der Waals surface area contributed by atoms with Gasteiger partial charge in [0.15, 0.2) is 0 Å². The van der Waals surface area contributed by atoms with Crippen LogP contribution in [-0.2, 0) is 18.3 Å². The number of Topliss-reactive ketones (excluding diaryl/α,β-unsaturated/α-hetero) is 1. The quantitative estimate of drug-likeness (QED) is 0.728. The van der Waals surface area contributed by atoms with Gasteiger partial charge in [-0.25, -0.2) is 0 Å². The lowest BCUT2D eigenvalue weighted by molar-refractivity contribution is -0.133. The van der Waals surface area contributed by atoms with Crippen LogP contribution in [0.2, 0.25) is 0 Å². The van der Waals surface area contributed by atoms with Crippen LogP contribution in [0.5, 0.6) is 0 Å². The van der Waals surface area contributed by atoms with E-state index in [1.54, 1.807) is 17.9 Å². The highest BCUT2D eigenvalue weighted by Crippen LogP contribution is 2.22. The summed E-state index contributed by atoms with van der Waals surface area (Å²) in [6.07, 6.45) is 3.15. The molecule has 1 aromatic heterocycles. The van der Waals surface area contributed by atoms with Crippen LogP contribution in [0.3, 0.4) is 0 Å². The van der Waals surface area contributed by atoms with Gasteiger partial charge >= 0.3 is 5.38 Å². The highest BCUT2D eigenvalue weighted by Gasteiger charge is 2.34. The van der Waals surface area contributed by atoms with Crippen molar-refractivity contribution in [1.82, 2.24) is 9.78 Å². The summed E-state index contributed by atoms with van der Waals surface area (Å²) in [4.78, 5) is 10.7. The van der Waals surface area contributed by atoms with Crippen LogP contribution in [0.25, 0.3) is 0 Å². The summed E-state index contributed by atoms with van der Waals surface area (Å²) in [6, 6.07) is 0. The summed E-state index contributed by atoms with van der Waals surface area (Å²) in [6.45, 7) is 0. The number of aryl methyl sites for hydroxylation is 2. The highest BCUT2D eigenvalue weighted by molar-refractivity contribution is 6.32. The van der Waals surface area contributed by atoms with Crippen LogP contribution >= 0.6 is 11.6 Å². The summed E-state index contributed by atoms with van der Waals surface area (Å²) < 4.78 is 26.0. The second-order valence-corrected chi connectivity index (χ2v) is 3.42. The summed E-state index contributed by atoms with van der Waals surface area (Å²) in [5.74, 6) is -1.26. The molecule has 0 bridgehead atoms. The molecule has 1 aromatic rings. The molecule has 0 aromatic carbocycles. The van der Waals surface area contributed by atoms with Crippen LogP contribution in [-0.4, -0.2) is 20.9 Å². The van der Waals surface area contributed by atoms with Crippen molar-refractivity contribution >= 4 is 17.4 Å². The van der Waals surface area contributed by atoms with E-state index in [1.165, 1.54) is 6.20 Å². The molecule has 78 valence electrons. The molecule has 0 atom stereocenters. The van der Waals surface area contributed by atoms with Gasteiger partial charge in [0.1, 0.15) is 0 Å². The molecular formula is C8H9ClF2N2O. The molecule has 0 N–H and O–H groups in total. The third-order valence-corrected chi connectivity index (χ3v) is 1.93. The van der Waals surface area contributed by atoms with E-state index >= 15 is 0 Å². The zero-order chi connectivity index (χ0) is 10.8. The van der Waals surface area contributed by atoms with Gasteiger partial charge in [0.25, 0.3) is 0 Å². The Bertz CT molecular complexity index is 332. The Hall–Kier alpha value is -0.970. The molecule has 0 spiro atoms. The first-order valence-electron chi connectivity index (χ1n) is 3.97. The van der Waals surface area contributed by atoms with E-state index < -0.39 is 11.2 Å². The van der Waals surface area contributed by atoms with E-state index in [-0.39, 0.29) is 12.8 Å². The molecule has 6 heteroatoms. The smallest absolute Gasteiger partial charge is 0.291 e. The third kappa shape index (κ3) is 3.06. The standard InChI is InChI=1S/C8H9ClF2N2O/c1-13-5-6(4-12-13)2-3-7(14)8(9,10)11/h4-5H,2-3H2,1H3. The maximum atomic E-state index is 12.2. The molecule has 0 aliphatic rings. The topological polar surface area (TPSA) is 34.9 Å². The first-order chi connectivity index (χ1) is 6.39. The fourth-order valence-electron chi connectivity index (χ4n) is 1.00. The zero-order valence-electron chi connectivity index (χ0n) is 7.51. The van der Waals surface area contributed by atoms with Crippen LogP contribution in [0.4, 0.5) is 8.78 Å². The predicted molar refractivity (Wildman–Crippen MR) is 47.3 cm³/mol. The van der Waals surface area contributed by atoms with Gasteiger partial charge in [0.05, 0.1) is 6.20 Å². The number of carbonyl (C=O) groups excluding carboxylic acids is 1. The maximum Gasteiger partial charge on any atom is 0.380 e. The van der Waals surface area contributed by atoms with E-state index in [1.807, 2.05) is 0 Å². The fraction of sp³-hybridized carbons (Fsp3) is 0.500. The number of hydrogen-bond donors (Lipinski definition) is 0. The van der Waals surface area contributed by atoms with Gasteiger partial charge in [-0.1, -0.05) is 0 Å². The molecule has 0 unspecified atom stereocenters. The minimum Gasteiger partial charge on any atom is -0.291 e. The maximum absolute atomic E-state index is 12.2. The van der Waals surface area contributed by atoms with Gasteiger partial charge in [-0.05, 0) is 23.6 Å². The number of alkyl halides is 3. The van der Waals surface area contributed by atoms with Crippen LogP contribution in [0.1, 0.15) is 12.0 Å². The Labute approximate surface area is 84.7 Å². The van der Waals surface area contributed by atoms with E-state index in [4.69, 9.17) is 0 Å². The van der Waals surface area contributed by atoms with Crippen LogP contribution < -0.4 is 0 Å². The molecule has 0 fully saturated rings. The van der Waals surface area contributed by atoms with Crippen molar-refractivity contribution < 1.29 is 13.6 Å². The Morgan fingerprint density at radius 1 is 1.71 bits per heavy atom. The molecule has 0 radical (unpaired) electrons. The Balaban J connectivity index is 2.46. The largest absolute Gasteiger partial charge is 0.380 e. The summed E-state index contributed by atoms with van der Waals surface area (Å²) >= 11 is 4.55. The minimum atomic E-state index is -3.75. The first-order valence-corrected chi connectivity index (χ1v) is 4.35. The van der Waals surface area contributed by atoms with Gasteiger partial charge < -0.3 is 0 Å². The minimum absolute atomic E-state index is 0.231. The number of nitrogens with zero attached hydrogens (tertiary/aromatic N) is 2. The Kier molecular flexibility index (Phi) is 3.21. The number of rotatable bonds is 4. The van der Waals surface area contributed by atoms with Gasteiger partial charge in [-0.15, -0.1) is 0 Å². The third-order valence-electron chi connectivity index (χ3n) is 1.72. The highest BCUT2D eigenvalue weighted by atomic mass is 35.5. The van der Waals surface area contributed by atoms with E-state index in [2.05, 4.69) is 16.7 Å². The zero-order valence-corrected chi connectivity index (χ0v) is 8.26. The van der Waals surface area contributed by atoms with E-state index in [9.17, 15) is 13.6 Å². The van der Waals surface area contributed by atoms with Crippen molar-refractivity contribution in [1.29, 1.82) is 0 Å².